The van der Waals surface area contributed by atoms with Gasteiger partial charge in [0.2, 0.25) is 0 Å². The van der Waals surface area contributed by atoms with Crippen molar-refractivity contribution in [1.82, 2.24) is 4.90 Å². The third-order valence-corrected chi connectivity index (χ3v) is 2.42. The van der Waals surface area contributed by atoms with Crippen molar-refractivity contribution in [2.75, 3.05) is 34.4 Å². The molecule has 0 saturated carbocycles. The predicted molar refractivity (Wildman–Crippen MR) is 53.4 cm³/mol. The fourth-order valence-corrected chi connectivity index (χ4v) is 1.47. The lowest BCUT2D eigenvalue weighted by Gasteiger charge is -2.27. The van der Waals surface area contributed by atoms with Gasteiger partial charge in [-0.05, 0) is 38.9 Å². The first-order chi connectivity index (χ1) is 5.74. The van der Waals surface area contributed by atoms with E-state index in [0.29, 0.717) is 0 Å². The molecular weight excluding hydrogens is 150 g/mol. The lowest BCUT2D eigenvalue weighted by atomic mass is 9.95. The highest BCUT2D eigenvalue weighted by atomic mass is 16.4. The van der Waals surface area contributed by atoms with E-state index < -0.39 is 0 Å². The zero-order valence-electron chi connectivity index (χ0n) is 8.97. The Balaban J connectivity index is 0.000000354. The second-order valence-electron chi connectivity index (χ2n) is 3.56. The number of ether oxygens (including phenoxy) is 1. The molecule has 1 aliphatic rings. The minimum absolute atomic E-state index is 1.03. The molecule has 0 atom stereocenters. The summed E-state index contributed by atoms with van der Waals surface area (Å²) in [5.74, 6) is 1.03. The van der Waals surface area contributed by atoms with Gasteiger partial charge in [0.25, 0.3) is 0 Å². The monoisotopic (exact) mass is 173 g/mol. The Morgan fingerprint density at radius 3 is 2.00 bits per heavy atom. The second-order valence-corrected chi connectivity index (χ2v) is 3.56. The lowest BCUT2D eigenvalue weighted by molar-refractivity contribution is 0.216. The summed E-state index contributed by atoms with van der Waals surface area (Å²) in [4.78, 5) is 2.42. The van der Waals surface area contributed by atoms with Gasteiger partial charge in [0.15, 0.2) is 0 Å². The number of rotatable bonds is 1. The fourth-order valence-electron chi connectivity index (χ4n) is 1.47. The Labute approximate surface area is 76.9 Å². The van der Waals surface area contributed by atoms with Crippen molar-refractivity contribution in [2.45, 2.75) is 26.2 Å². The molecule has 74 valence electrons. The topological polar surface area (TPSA) is 12.5 Å². The minimum Gasteiger partial charge on any atom is -0.388 e. The molecule has 0 radical (unpaired) electrons. The fraction of sp³-hybridized carbons (Fsp3) is 1.00. The van der Waals surface area contributed by atoms with Gasteiger partial charge in [-0.1, -0.05) is 13.3 Å². The van der Waals surface area contributed by atoms with Gasteiger partial charge in [-0.3, -0.25) is 0 Å². The molecule has 0 aromatic rings. The van der Waals surface area contributed by atoms with E-state index in [1.807, 2.05) is 0 Å². The highest BCUT2D eigenvalue weighted by Gasteiger charge is 2.13. The normalized spacial score (nSPS) is 20.0. The molecule has 0 bridgehead atoms. The van der Waals surface area contributed by atoms with Crippen LogP contribution < -0.4 is 0 Å². The quantitative estimate of drug-likeness (QED) is 0.601. The molecule has 12 heavy (non-hydrogen) atoms. The minimum atomic E-state index is 1.03. The van der Waals surface area contributed by atoms with Crippen molar-refractivity contribution in [3.05, 3.63) is 0 Å². The van der Waals surface area contributed by atoms with Crippen LogP contribution in [0.4, 0.5) is 0 Å². The zero-order chi connectivity index (χ0) is 9.40. The van der Waals surface area contributed by atoms with Gasteiger partial charge < -0.3 is 9.64 Å². The van der Waals surface area contributed by atoms with Gasteiger partial charge in [-0.2, -0.15) is 0 Å². The molecule has 1 heterocycles. The van der Waals surface area contributed by atoms with Crippen LogP contribution >= 0.6 is 0 Å². The maximum atomic E-state index is 4.25. The lowest BCUT2D eigenvalue weighted by Crippen LogP contribution is -2.29. The number of hydrogen-bond donors (Lipinski definition) is 0. The van der Waals surface area contributed by atoms with Crippen molar-refractivity contribution in [3.63, 3.8) is 0 Å². The van der Waals surface area contributed by atoms with Gasteiger partial charge in [-0.15, -0.1) is 0 Å². The highest BCUT2D eigenvalue weighted by molar-refractivity contribution is 4.67. The highest BCUT2D eigenvalue weighted by Crippen LogP contribution is 2.18. The maximum absolute atomic E-state index is 4.25. The zero-order valence-corrected chi connectivity index (χ0v) is 8.97. The van der Waals surface area contributed by atoms with Crippen molar-refractivity contribution in [3.8, 4) is 0 Å². The molecule has 0 aliphatic carbocycles. The molecule has 0 unspecified atom stereocenters. The molecule has 0 N–H and O–H groups in total. The number of likely N-dealkylation sites (tertiary alicyclic amines) is 1. The van der Waals surface area contributed by atoms with Crippen LogP contribution in [0, 0.1) is 5.92 Å². The van der Waals surface area contributed by atoms with E-state index in [1.165, 1.54) is 32.4 Å². The average molecular weight is 173 g/mol. The predicted octanol–water partition coefficient (Wildman–Crippen LogP) is 2.00. The van der Waals surface area contributed by atoms with E-state index in [-0.39, 0.29) is 0 Å². The maximum Gasteiger partial charge on any atom is 0.0351 e. The second kappa shape index (κ2) is 7.56. The van der Waals surface area contributed by atoms with Gasteiger partial charge in [0.1, 0.15) is 0 Å². The Morgan fingerprint density at radius 1 is 1.25 bits per heavy atom. The molecule has 2 heteroatoms. The summed E-state index contributed by atoms with van der Waals surface area (Å²) in [6, 6.07) is 0. The van der Waals surface area contributed by atoms with E-state index in [0.717, 1.165) is 5.92 Å². The molecule has 0 aromatic heterocycles. The molecule has 1 fully saturated rings. The van der Waals surface area contributed by atoms with Crippen molar-refractivity contribution < 1.29 is 4.74 Å². The Kier molecular flexibility index (Phi) is 7.51. The molecule has 0 amide bonds. The van der Waals surface area contributed by atoms with Crippen LogP contribution in [0.15, 0.2) is 0 Å². The van der Waals surface area contributed by atoms with Crippen LogP contribution in [0.2, 0.25) is 0 Å². The number of methoxy groups -OCH3 is 1. The largest absolute Gasteiger partial charge is 0.388 e. The van der Waals surface area contributed by atoms with Crippen LogP contribution in [0.5, 0.6) is 0 Å². The first-order valence-electron chi connectivity index (χ1n) is 4.83. The molecule has 0 aromatic carbocycles. The van der Waals surface area contributed by atoms with E-state index in [4.69, 9.17) is 0 Å². The van der Waals surface area contributed by atoms with E-state index in [9.17, 15) is 0 Å². The van der Waals surface area contributed by atoms with Gasteiger partial charge >= 0.3 is 0 Å². The standard InChI is InChI=1S/C8H17N.C2H6O/c1-3-8-4-6-9(2)7-5-8;1-3-2/h8H,3-7H2,1-2H3;1-2H3. The smallest absolute Gasteiger partial charge is 0.0351 e. The first-order valence-corrected chi connectivity index (χ1v) is 4.83. The first kappa shape index (κ1) is 11.9. The summed E-state index contributed by atoms with van der Waals surface area (Å²) in [5.41, 5.74) is 0. The molecule has 0 spiro atoms. The summed E-state index contributed by atoms with van der Waals surface area (Å²) in [6.45, 7) is 4.94. The Bertz CT molecular complexity index is 87.8. The average Bonchev–Trinajstić information content (AvgIpc) is 2.07. The Hall–Kier alpha value is -0.0800. The van der Waals surface area contributed by atoms with Gasteiger partial charge in [0, 0.05) is 14.2 Å². The van der Waals surface area contributed by atoms with Crippen molar-refractivity contribution in [2.24, 2.45) is 5.92 Å². The van der Waals surface area contributed by atoms with Crippen molar-refractivity contribution >= 4 is 0 Å². The van der Waals surface area contributed by atoms with E-state index >= 15 is 0 Å². The SMILES string of the molecule is CCC1CCN(C)CC1.COC. The molecule has 1 saturated heterocycles. The third-order valence-electron chi connectivity index (χ3n) is 2.42. The third kappa shape index (κ3) is 5.56. The number of nitrogens with zero attached hydrogens (tertiary/aromatic N) is 1. The number of piperidine rings is 1. The summed E-state index contributed by atoms with van der Waals surface area (Å²) in [6.07, 6.45) is 4.23. The Morgan fingerprint density at radius 2 is 1.67 bits per heavy atom. The number of hydrogen-bond acceptors (Lipinski definition) is 2. The van der Waals surface area contributed by atoms with Crippen LogP contribution in [0.3, 0.4) is 0 Å². The van der Waals surface area contributed by atoms with Crippen molar-refractivity contribution in [1.29, 1.82) is 0 Å². The molecule has 1 aliphatic heterocycles. The van der Waals surface area contributed by atoms with Crippen LogP contribution in [-0.2, 0) is 4.74 Å². The summed E-state index contributed by atoms with van der Waals surface area (Å²) < 4.78 is 4.25. The molecule has 1 rings (SSSR count). The summed E-state index contributed by atoms with van der Waals surface area (Å²) >= 11 is 0. The van der Waals surface area contributed by atoms with Crippen LogP contribution in [-0.4, -0.2) is 39.3 Å². The summed E-state index contributed by atoms with van der Waals surface area (Å²) in [7, 11) is 5.46. The molecular formula is C10H23NO. The van der Waals surface area contributed by atoms with Gasteiger partial charge in [0.05, 0.1) is 0 Å². The van der Waals surface area contributed by atoms with Crippen LogP contribution in [0.25, 0.3) is 0 Å². The van der Waals surface area contributed by atoms with E-state index in [1.54, 1.807) is 14.2 Å². The van der Waals surface area contributed by atoms with Crippen LogP contribution in [0.1, 0.15) is 26.2 Å². The van der Waals surface area contributed by atoms with E-state index in [2.05, 4.69) is 23.6 Å². The molecule has 2 nitrogen and oxygen atoms in total. The summed E-state index contributed by atoms with van der Waals surface area (Å²) in [5, 5.41) is 0. The van der Waals surface area contributed by atoms with Gasteiger partial charge in [-0.25, -0.2) is 0 Å².